The van der Waals surface area contributed by atoms with Crippen LogP contribution in [0.2, 0.25) is 5.15 Å². The monoisotopic (exact) mass is 432 g/mol. The van der Waals surface area contributed by atoms with Crippen molar-refractivity contribution in [3.8, 4) is 0 Å². The van der Waals surface area contributed by atoms with Gasteiger partial charge in [-0.3, -0.25) is 4.79 Å². The molecule has 2 aliphatic rings. The standard InChI is InChI=1S/C9H8ClN3S.C9H9N3OS/c10-7-6-9(12-4-11-7)14-8(13-6)5-2-1-3-5;13-7-6-9(11-4-10-7)14-8(12-6)5-2-1-3-5/h4-5H,1-3H2;4-5H,1-3H2,(H,10,11,13). The van der Waals surface area contributed by atoms with Gasteiger partial charge in [-0.25, -0.2) is 24.9 Å². The van der Waals surface area contributed by atoms with Gasteiger partial charge in [0.2, 0.25) is 0 Å². The smallest absolute Gasteiger partial charge is 0.278 e. The first-order chi connectivity index (χ1) is 13.7. The maximum absolute atomic E-state index is 11.4. The van der Waals surface area contributed by atoms with Crippen LogP contribution in [0.25, 0.3) is 20.7 Å². The molecule has 1 N–H and O–H groups in total. The van der Waals surface area contributed by atoms with Crippen LogP contribution >= 0.6 is 34.3 Å². The summed E-state index contributed by atoms with van der Waals surface area (Å²) in [6.45, 7) is 0. The third-order valence-corrected chi connectivity index (χ3v) is 7.82. The molecule has 28 heavy (non-hydrogen) atoms. The number of hydrogen-bond donors (Lipinski definition) is 1. The Morgan fingerprint density at radius 1 is 0.893 bits per heavy atom. The molecule has 2 aliphatic carbocycles. The molecule has 4 heterocycles. The van der Waals surface area contributed by atoms with Gasteiger partial charge in [0.25, 0.3) is 5.56 Å². The minimum absolute atomic E-state index is 0.128. The van der Waals surface area contributed by atoms with Crippen molar-refractivity contribution in [3.63, 3.8) is 0 Å². The molecule has 0 aromatic carbocycles. The Hall–Kier alpha value is -1.97. The second-order valence-electron chi connectivity index (χ2n) is 7.06. The van der Waals surface area contributed by atoms with E-state index in [1.165, 1.54) is 56.2 Å². The van der Waals surface area contributed by atoms with Gasteiger partial charge in [0, 0.05) is 11.8 Å². The molecule has 0 unspecified atom stereocenters. The number of thiazole rings is 2. The van der Waals surface area contributed by atoms with Crippen molar-refractivity contribution in [1.82, 2.24) is 29.9 Å². The van der Waals surface area contributed by atoms with E-state index in [1.54, 1.807) is 22.7 Å². The van der Waals surface area contributed by atoms with E-state index in [1.807, 2.05) is 0 Å². The second-order valence-corrected chi connectivity index (χ2v) is 9.44. The van der Waals surface area contributed by atoms with Crippen LogP contribution in [0.4, 0.5) is 0 Å². The van der Waals surface area contributed by atoms with E-state index in [0.717, 1.165) is 20.2 Å². The molecule has 2 saturated carbocycles. The normalized spacial score (nSPS) is 17.2. The molecule has 10 heteroatoms. The van der Waals surface area contributed by atoms with Gasteiger partial charge in [0.1, 0.15) is 16.7 Å². The van der Waals surface area contributed by atoms with Gasteiger partial charge in [-0.05, 0) is 25.7 Å². The second kappa shape index (κ2) is 7.46. The van der Waals surface area contributed by atoms with Crippen LogP contribution in [-0.2, 0) is 0 Å². The predicted molar refractivity (Wildman–Crippen MR) is 111 cm³/mol. The number of halogens is 1. The number of H-pyrrole nitrogens is 1. The number of aromatic amines is 1. The van der Waals surface area contributed by atoms with Gasteiger partial charge in [-0.15, -0.1) is 0 Å². The molecular weight excluding hydrogens is 416 g/mol. The Kier molecular flexibility index (Phi) is 4.82. The van der Waals surface area contributed by atoms with E-state index in [4.69, 9.17) is 11.6 Å². The lowest BCUT2D eigenvalue weighted by Crippen LogP contribution is -2.09. The van der Waals surface area contributed by atoms with Gasteiger partial charge in [0.15, 0.2) is 15.5 Å². The zero-order valence-electron chi connectivity index (χ0n) is 14.9. The maximum Gasteiger partial charge on any atom is 0.278 e. The topological polar surface area (TPSA) is 97.3 Å². The number of nitrogens with one attached hydrogen (secondary N) is 1. The lowest BCUT2D eigenvalue weighted by Gasteiger charge is -2.22. The van der Waals surface area contributed by atoms with Crippen molar-refractivity contribution in [3.05, 3.63) is 38.2 Å². The molecular formula is C18H17ClN6OS2. The van der Waals surface area contributed by atoms with Crippen LogP contribution in [0.3, 0.4) is 0 Å². The third-order valence-electron chi connectivity index (χ3n) is 5.29. The fraction of sp³-hybridized carbons (Fsp3) is 0.444. The fourth-order valence-corrected chi connectivity index (χ4v) is 5.57. The average molecular weight is 433 g/mol. The summed E-state index contributed by atoms with van der Waals surface area (Å²) in [7, 11) is 0. The maximum atomic E-state index is 11.4. The van der Waals surface area contributed by atoms with E-state index in [0.29, 0.717) is 22.5 Å². The highest BCUT2D eigenvalue weighted by Gasteiger charge is 2.24. The highest BCUT2D eigenvalue weighted by molar-refractivity contribution is 7.18. The lowest BCUT2D eigenvalue weighted by atomic mass is 9.86. The molecule has 0 amide bonds. The van der Waals surface area contributed by atoms with Gasteiger partial charge >= 0.3 is 0 Å². The van der Waals surface area contributed by atoms with Crippen molar-refractivity contribution in [1.29, 1.82) is 0 Å². The molecule has 0 radical (unpaired) electrons. The first kappa shape index (κ1) is 18.1. The summed E-state index contributed by atoms with van der Waals surface area (Å²) in [4.78, 5) is 36.6. The van der Waals surface area contributed by atoms with Crippen LogP contribution in [0.15, 0.2) is 17.4 Å². The van der Waals surface area contributed by atoms with E-state index in [-0.39, 0.29) is 5.56 Å². The Morgan fingerprint density at radius 2 is 1.50 bits per heavy atom. The van der Waals surface area contributed by atoms with Crippen molar-refractivity contribution in [2.45, 2.75) is 50.4 Å². The van der Waals surface area contributed by atoms with Crippen molar-refractivity contribution in [2.75, 3.05) is 0 Å². The third kappa shape index (κ3) is 3.31. The largest absolute Gasteiger partial charge is 0.311 e. The molecule has 0 spiro atoms. The Bertz CT molecular complexity index is 1190. The van der Waals surface area contributed by atoms with Gasteiger partial charge in [-0.1, -0.05) is 47.1 Å². The molecule has 2 fully saturated rings. The van der Waals surface area contributed by atoms with E-state index in [2.05, 4.69) is 29.9 Å². The predicted octanol–water partition coefficient (Wildman–Crippen LogP) is 4.65. The Morgan fingerprint density at radius 3 is 2.04 bits per heavy atom. The van der Waals surface area contributed by atoms with Crippen molar-refractivity contribution >= 4 is 55.0 Å². The minimum atomic E-state index is -0.128. The SMILES string of the molecule is Clc1ncnc2sc(C3CCC3)nc12.O=c1[nH]cnc2sc(C3CCC3)nc12. The zero-order valence-corrected chi connectivity index (χ0v) is 17.3. The summed E-state index contributed by atoms with van der Waals surface area (Å²) >= 11 is 9.13. The summed E-state index contributed by atoms with van der Waals surface area (Å²) in [6.07, 6.45) is 10.5. The molecule has 144 valence electrons. The number of nitrogens with zero attached hydrogens (tertiary/aromatic N) is 5. The number of aromatic nitrogens is 6. The highest BCUT2D eigenvalue weighted by Crippen LogP contribution is 2.40. The van der Waals surface area contributed by atoms with Crippen LogP contribution in [0.5, 0.6) is 0 Å². The lowest BCUT2D eigenvalue weighted by molar-refractivity contribution is 0.419. The zero-order chi connectivity index (χ0) is 19.1. The first-order valence-corrected chi connectivity index (χ1v) is 11.3. The molecule has 6 rings (SSSR count). The number of hydrogen-bond acceptors (Lipinski definition) is 8. The Balaban J connectivity index is 0.000000122. The number of fused-ring (bicyclic) bond motifs is 2. The summed E-state index contributed by atoms with van der Waals surface area (Å²) in [6, 6.07) is 0. The molecule has 0 saturated heterocycles. The van der Waals surface area contributed by atoms with Crippen LogP contribution in [0, 0.1) is 0 Å². The van der Waals surface area contributed by atoms with Crippen LogP contribution in [-0.4, -0.2) is 29.9 Å². The van der Waals surface area contributed by atoms with E-state index < -0.39 is 0 Å². The summed E-state index contributed by atoms with van der Waals surface area (Å²) in [5, 5.41) is 2.72. The number of rotatable bonds is 2. The highest BCUT2D eigenvalue weighted by atomic mass is 35.5. The minimum Gasteiger partial charge on any atom is -0.311 e. The molecule has 0 bridgehead atoms. The van der Waals surface area contributed by atoms with Crippen LogP contribution in [0.1, 0.15) is 60.4 Å². The quantitative estimate of drug-likeness (QED) is 0.463. The molecule has 0 aliphatic heterocycles. The summed E-state index contributed by atoms with van der Waals surface area (Å²) in [5.41, 5.74) is 1.14. The fourth-order valence-electron chi connectivity index (χ4n) is 3.18. The summed E-state index contributed by atoms with van der Waals surface area (Å²) in [5.74, 6) is 1.22. The Labute approximate surface area is 173 Å². The molecule has 7 nitrogen and oxygen atoms in total. The average Bonchev–Trinajstić information content (AvgIpc) is 3.18. The molecule has 4 aromatic heterocycles. The van der Waals surface area contributed by atoms with Gasteiger partial charge < -0.3 is 4.98 Å². The molecule has 4 aromatic rings. The van der Waals surface area contributed by atoms with Gasteiger partial charge in [-0.2, -0.15) is 0 Å². The molecule has 0 atom stereocenters. The van der Waals surface area contributed by atoms with Crippen molar-refractivity contribution < 1.29 is 0 Å². The van der Waals surface area contributed by atoms with E-state index >= 15 is 0 Å². The first-order valence-electron chi connectivity index (χ1n) is 9.30. The van der Waals surface area contributed by atoms with Gasteiger partial charge in [0.05, 0.1) is 16.3 Å². The van der Waals surface area contributed by atoms with E-state index in [9.17, 15) is 4.79 Å². The summed E-state index contributed by atoms with van der Waals surface area (Å²) < 4.78 is 0. The van der Waals surface area contributed by atoms with Crippen molar-refractivity contribution in [2.24, 2.45) is 0 Å². The van der Waals surface area contributed by atoms with Crippen LogP contribution < -0.4 is 5.56 Å².